The number of alkyl halides is 2. The second kappa shape index (κ2) is 9.26. The lowest BCUT2D eigenvalue weighted by Gasteiger charge is -2.28. The first-order valence-electron chi connectivity index (χ1n) is 10.0. The molecule has 2 amide bonds. The van der Waals surface area contributed by atoms with Crippen LogP contribution in [0.4, 0.5) is 23.7 Å². The predicted molar refractivity (Wildman–Crippen MR) is 117 cm³/mol. The first-order valence-corrected chi connectivity index (χ1v) is 10.8. The Morgan fingerprint density at radius 2 is 2.09 bits per heavy atom. The third-order valence-corrected chi connectivity index (χ3v) is 6.56. The van der Waals surface area contributed by atoms with Crippen molar-refractivity contribution in [2.45, 2.75) is 25.4 Å². The zero-order chi connectivity index (χ0) is 23.6. The molecular weight excluding hydrogens is 457 g/mol. The van der Waals surface area contributed by atoms with Gasteiger partial charge in [-0.2, -0.15) is 13.2 Å². The summed E-state index contributed by atoms with van der Waals surface area (Å²) in [5.41, 5.74) is 0.530. The van der Waals surface area contributed by atoms with Gasteiger partial charge in [-0.25, -0.2) is 14.2 Å². The summed E-state index contributed by atoms with van der Waals surface area (Å²) >= 11 is 1.19. The molecule has 0 spiro atoms. The molecule has 3 aromatic rings. The largest absolute Gasteiger partial charge is 0.497 e. The highest BCUT2D eigenvalue weighted by molar-refractivity contribution is 7.05. The molecule has 1 unspecified atom stereocenters. The fourth-order valence-electron chi connectivity index (χ4n) is 3.92. The Morgan fingerprint density at radius 3 is 2.76 bits per heavy atom. The van der Waals surface area contributed by atoms with Crippen molar-refractivity contribution in [3.63, 3.8) is 0 Å². The predicted octanol–water partition coefficient (Wildman–Crippen LogP) is 4.82. The normalized spacial score (nSPS) is 17.9. The van der Waals surface area contributed by atoms with Crippen LogP contribution in [0, 0.1) is 12.7 Å². The van der Waals surface area contributed by atoms with Crippen molar-refractivity contribution in [3.8, 4) is 11.5 Å². The van der Waals surface area contributed by atoms with Crippen molar-refractivity contribution in [1.82, 2.24) is 14.3 Å². The van der Waals surface area contributed by atoms with Gasteiger partial charge >= 0.3 is 12.6 Å². The zero-order valence-corrected chi connectivity index (χ0v) is 18.7. The Morgan fingerprint density at radius 1 is 1.27 bits per heavy atom. The van der Waals surface area contributed by atoms with Crippen LogP contribution in [0.3, 0.4) is 0 Å². The van der Waals surface area contributed by atoms with Gasteiger partial charge in [-0.15, -0.1) is 0 Å². The van der Waals surface area contributed by atoms with Gasteiger partial charge in [0.2, 0.25) is 0 Å². The molecule has 1 saturated heterocycles. The number of carbonyl (C=O) groups excluding carboxylic acids is 1. The van der Waals surface area contributed by atoms with Crippen LogP contribution in [0.2, 0.25) is 0 Å². The maximum Gasteiger partial charge on any atom is 0.387 e. The lowest BCUT2D eigenvalue weighted by Crippen LogP contribution is -2.37. The third-order valence-electron chi connectivity index (χ3n) is 5.70. The molecule has 1 atom stereocenters. The zero-order valence-electron chi connectivity index (χ0n) is 17.8. The minimum absolute atomic E-state index is 0.0504. The van der Waals surface area contributed by atoms with E-state index in [9.17, 15) is 18.0 Å². The number of likely N-dealkylation sites (tertiary alicyclic amines) is 1. The summed E-state index contributed by atoms with van der Waals surface area (Å²) < 4.78 is 53.8. The summed E-state index contributed by atoms with van der Waals surface area (Å²) in [4.78, 5) is 19.0. The Bertz CT molecular complexity index is 1150. The van der Waals surface area contributed by atoms with Crippen molar-refractivity contribution >= 4 is 23.3 Å². The number of urea groups is 1. The Hall–Kier alpha value is -3.34. The highest BCUT2D eigenvalue weighted by atomic mass is 32.1. The van der Waals surface area contributed by atoms with Gasteiger partial charge in [0.1, 0.15) is 28.7 Å². The van der Waals surface area contributed by atoms with E-state index in [2.05, 4.69) is 19.4 Å². The molecule has 0 saturated carbocycles. The lowest BCUT2D eigenvalue weighted by molar-refractivity contribution is -0.0493. The number of methoxy groups -OCH3 is 1. The van der Waals surface area contributed by atoms with Crippen molar-refractivity contribution in [2.24, 2.45) is 0 Å². The number of nitrogens with zero attached hydrogens (tertiary/aromatic N) is 3. The highest BCUT2D eigenvalue weighted by Gasteiger charge is 2.45. The topological polar surface area (TPSA) is 76.6 Å². The maximum atomic E-state index is 14.4. The number of ether oxygens (including phenoxy) is 2. The number of halogens is 3. The van der Waals surface area contributed by atoms with E-state index in [0.717, 1.165) is 0 Å². The summed E-state index contributed by atoms with van der Waals surface area (Å²) in [6.07, 6.45) is 1.93. The minimum atomic E-state index is -3.05. The molecule has 1 N–H and O–H groups in total. The second-order valence-electron chi connectivity index (χ2n) is 7.63. The molecule has 11 heteroatoms. The van der Waals surface area contributed by atoms with Crippen LogP contribution in [-0.4, -0.2) is 47.1 Å². The SMILES string of the molecule is COc1ccc(OC(F)F)c(NC(=O)N2CCC(c3ccc(C)c(F)c3)(c3ncns3)C2)c1. The quantitative estimate of drug-likeness (QED) is 0.550. The van der Waals surface area contributed by atoms with Crippen molar-refractivity contribution < 1.29 is 27.4 Å². The molecule has 0 radical (unpaired) electrons. The number of aromatic nitrogens is 2. The molecule has 1 aliphatic heterocycles. The van der Waals surface area contributed by atoms with E-state index in [-0.39, 0.29) is 23.8 Å². The molecular formula is C22H21F3N4O3S. The molecule has 174 valence electrons. The number of amides is 2. The Labute approximate surface area is 192 Å². The first kappa shape index (κ1) is 22.8. The van der Waals surface area contributed by atoms with E-state index in [4.69, 9.17) is 4.74 Å². The van der Waals surface area contributed by atoms with Gasteiger partial charge in [0.15, 0.2) is 0 Å². The minimum Gasteiger partial charge on any atom is -0.497 e. The van der Waals surface area contributed by atoms with E-state index >= 15 is 0 Å². The lowest BCUT2D eigenvalue weighted by atomic mass is 9.80. The Balaban J connectivity index is 1.61. The van der Waals surface area contributed by atoms with E-state index < -0.39 is 18.1 Å². The average molecular weight is 478 g/mol. The van der Waals surface area contributed by atoms with Crippen LogP contribution >= 0.6 is 11.5 Å². The standard InChI is InChI=1S/C22H21F3N4O3S/c1-13-3-4-14(9-16(13)23)22(19-26-12-27-33-19)7-8-29(11-22)21(30)28-17-10-15(31-2)5-6-18(17)32-20(24)25/h3-6,9-10,12,20H,7-8,11H2,1-2H3,(H,28,30). The maximum absolute atomic E-state index is 14.4. The summed E-state index contributed by atoms with van der Waals surface area (Å²) in [5, 5.41) is 3.30. The van der Waals surface area contributed by atoms with Gasteiger partial charge in [-0.1, -0.05) is 12.1 Å². The molecule has 2 heterocycles. The Kier molecular flexibility index (Phi) is 6.41. The molecule has 1 aliphatic rings. The van der Waals surface area contributed by atoms with Crippen LogP contribution in [0.25, 0.3) is 0 Å². The summed E-state index contributed by atoms with van der Waals surface area (Å²) in [5.74, 6) is -0.162. The van der Waals surface area contributed by atoms with Crippen molar-refractivity contribution in [1.29, 1.82) is 0 Å². The number of carbonyl (C=O) groups is 1. The average Bonchev–Trinajstić information content (AvgIpc) is 3.47. The number of anilines is 1. The number of hydrogen-bond acceptors (Lipinski definition) is 6. The van der Waals surface area contributed by atoms with E-state index in [1.54, 1.807) is 13.0 Å². The fraction of sp³-hybridized carbons (Fsp3) is 0.318. The van der Waals surface area contributed by atoms with Crippen LogP contribution in [0.5, 0.6) is 11.5 Å². The summed E-state index contributed by atoms with van der Waals surface area (Å²) in [7, 11) is 1.42. The summed E-state index contributed by atoms with van der Waals surface area (Å²) in [6.45, 7) is -0.818. The van der Waals surface area contributed by atoms with Crippen molar-refractivity contribution in [3.05, 3.63) is 64.7 Å². The smallest absolute Gasteiger partial charge is 0.387 e. The monoisotopic (exact) mass is 478 g/mol. The number of benzene rings is 2. The third kappa shape index (κ3) is 4.58. The number of nitrogens with one attached hydrogen (secondary N) is 1. The van der Waals surface area contributed by atoms with Crippen LogP contribution in [0.15, 0.2) is 42.7 Å². The molecule has 0 aliphatic carbocycles. The van der Waals surface area contributed by atoms with Gasteiger partial charge < -0.3 is 19.7 Å². The van der Waals surface area contributed by atoms with E-state index in [1.165, 1.54) is 54.1 Å². The fourth-order valence-corrected chi connectivity index (χ4v) is 4.67. The van der Waals surface area contributed by atoms with Crippen LogP contribution in [0.1, 0.15) is 22.6 Å². The molecule has 2 aromatic carbocycles. The molecule has 33 heavy (non-hydrogen) atoms. The molecule has 1 aromatic heterocycles. The van der Waals surface area contributed by atoms with Crippen molar-refractivity contribution in [2.75, 3.05) is 25.5 Å². The van der Waals surface area contributed by atoms with Gasteiger partial charge in [-0.05, 0) is 54.2 Å². The number of aryl methyl sites for hydroxylation is 1. The number of rotatable bonds is 6. The van der Waals surface area contributed by atoms with E-state index in [0.29, 0.717) is 34.8 Å². The number of hydrogen-bond donors (Lipinski definition) is 1. The highest BCUT2D eigenvalue weighted by Crippen LogP contribution is 2.42. The summed E-state index contributed by atoms with van der Waals surface area (Å²) in [6, 6.07) is 8.63. The van der Waals surface area contributed by atoms with Gasteiger partial charge in [0.25, 0.3) is 0 Å². The van der Waals surface area contributed by atoms with Crippen LogP contribution < -0.4 is 14.8 Å². The van der Waals surface area contributed by atoms with Gasteiger partial charge in [-0.3, -0.25) is 0 Å². The molecule has 1 fully saturated rings. The van der Waals surface area contributed by atoms with E-state index in [1.807, 2.05) is 6.07 Å². The van der Waals surface area contributed by atoms with Crippen LogP contribution in [-0.2, 0) is 5.41 Å². The molecule has 4 rings (SSSR count). The van der Waals surface area contributed by atoms with Gasteiger partial charge in [0, 0.05) is 19.2 Å². The molecule has 7 nitrogen and oxygen atoms in total. The first-order chi connectivity index (χ1) is 15.8. The molecule has 0 bridgehead atoms. The second-order valence-corrected chi connectivity index (χ2v) is 8.41. The van der Waals surface area contributed by atoms with Gasteiger partial charge in [0.05, 0.1) is 18.2 Å².